The largest absolute Gasteiger partial charge is 0.417 e. The molecule has 3 aromatic rings. The Kier molecular flexibility index (Phi) is 6.10. The summed E-state index contributed by atoms with van der Waals surface area (Å²) in [5, 5.41) is 2.71. The molecule has 2 aromatic carbocycles. The number of alkyl halides is 3. The molecule has 172 valence electrons. The molecule has 1 amide bonds. The van der Waals surface area contributed by atoms with Gasteiger partial charge in [-0.3, -0.25) is 14.2 Å². The highest BCUT2D eigenvalue weighted by molar-refractivity contribution is 5.97. The molecule has 1 aromatic heterocycles. The molecular weight excluding hydrogens is 436 g/mol. The van der Waals surface area contributed by atoms with E-state index >= 15 is 0 Å². The van der Waals surface area contributed by atoms with Gasteiger partial charge in [0.25, 0.3) is 11.5 Å². The Morgan fingerprint density at radius 3 is 2.33 bits per heavy atom. The van der Waals surface area contributed by atoms with Gasteiger partial charge in [-0.2, -0.15) is 13.2 Å². The van der Waals surface area contributed by atoms with Gasteiger partial charge in [-0.05, 0) is 55.5 Å². The van der Waals surface area contributed by atoms with Gasteiger partial charge < -0.3 is 5.32 Å². The third kappa shape index (κ3) is 4.55. The van der Waals surface area contributed by atoms with Crippen LogP contribution in [0.3, 0.4) is 0 Å². The number of halogens is 4. The van der Waals surface area contributed by atoms with Crippen LogP contribution in [-0.4, -0.2) is 10.5 Å². The molecule has 1 fully saturated rings. The van der Waals surface area contributed by atoms with Crippen LogP contribution in [0, 0.1) is 18.7 Å². The molecule has 0 spiro atoms. The molecule has 0 aliphatic heterocycles. The fourth-order valence-corrected chi connectivity index (χ4v) is 4.30. The van der Waals surface area contributed by atoms with E-state index in [4.69, 9.17) is 0 Å². The molecule has 4 nitrogen and oxygen atoms in total. The standard InChI is InChI=1S/C25H22F4N2O2/c1-15-22(20(25(27,28)29)14-21(32)31(15)19-11-3-2-4-12-19)24(33)30-23(16-7-5-8-16)17-9-6-10-18(26)13-17/h2-4,6,9-14,16,23H,5,7-8H2,1H3,(H,30,33)/t23-/m0/s1. The first-order valence-corrected chi connectivity index (χ1v) is 10.6. The lowest BCUT2D eigenvalue weighted by atomic mass is 9.77. The Hall–Kier alpha value is -3.42. The van der Waals surface area contributed by atoms with Gasteiger partial charge in [-0.15, -0.1) is 0 Å². The summed E-state index contributed by atoms with van der Waals surface area (Å²) >= 11 is 0. The quantitative estimate of drug-likeness (QED) is 0.508. The van der Waals surface area contributed by atoms with Gasteiger partial charge in [0.05, 0.1) is 17.2 Å². The van der Waals surface area contributed by atoms with Crippen molar-refractivity contribution in [2.24, 2.45) is 5.92 Å². The van der Waals surface area contributed by atoms with Crippen molar-refractivity contribution in [3.8, 4) is 5.69 Å². The van der Waals surface area contributed by atoms with Gasteiger partial charge in [0, 0.05) is 17.4 Å². The summed E-state index contributed by atoms with van der Waals surface area (Å²) in [5.74, 6) is -1.45. The van der Waals surface area contributed by atoms with Crippen molar-refractivity contribution >= 4 is 5.91 Å². The molecule has 0 unspecified atom stereocenters. The monoisotopic (exact) mass is 458 g/mol. The summed E-state index contributed by atoms with van der Waals surface area (Å²) in [6.07, 6.45) is -2.43. The molecule has 1 aliphatic carbocycles. The Bertz CT molecular complexity index is 1230. The molecule has 33 heavy (non-hydrogen) atoms. The molecule has 0 bridgehead atoms. The number of benzene rings is 2. The van der Waals surface area contributed by atoms with E-state index in [-0.39, 0.29) is 11.6 Å². The number of carbonyl (C=O) groups excluding carboxylic acids is 1. The third-order valence-corrected chi connectivity index (χ3v) is 6.12. The van der Waals surface area contributed by atoms with Crippen LogP contribution in [0.15, 0.2) is 65.5 Å². The van der Waals surface area contributed by atoms with Crippen molar-refractivity contribution in [2.45, 2.75) is 38.4 Å². The second kappa shape index (κ2) is 8.84. The zero-order chi connectivity index (χ0) is 23.8. The maximum absolute atomic E-state index is 13.9. The van der Waals surface area contributed by atoms with Crippen molar-refractivity contribution in [1.29, 1.82) is 0 Å². The first-order valence-electron chi connectivity index (χ1n) is 10.6. The highest BCUT2D eigenvalue weighted by Gasteiger charge is 2.39. The SMILES string of the molecule is Cc1c(C(=O)N[C@H](c2cccc(F)c2)C2CCC2)c(C(F)(F)F)cc(=O)n1-c1ccccc1. The number of carbonyl (C=O) groups is 1. The number of aromatic nitrogens is 1. The lowest BCUT2D eigenvalue weighted by Crippen LogP contribution is -2.39. The minimum Gasteiger partial charge on any atom is -0.345 e. The number of hydrogen-bond donors (Lipinski definition) is 1. The molecule has 0 saturated heterocycles. The first-order chi connectivity index (χ1) is 15.7. The zero-order valence-electron chi connectivity index (χ0n) is 17.8. The van der Waals surface area contributed by atoms with E-state index in [0.29, 0.717) is 17.3 Å². The summed E-state index contributed by atoms with van der Waals surface area (Å²) in [6.45, 7) is 1.32. The van der Waals surface area contributed by atoms with Gasteiger partial charge in [0.1, 0.15) is 5.82 Å². The number of rotatable bonds is 5. The molecule has 0 radical (unpaired) electrons. The molecule has 1 heterocycles. The van der Waals surface area contributed by atoms with Crippen LogP contribution in [0.2, 0.25) is 0 Å². The number of pyridine rings is 1. The van der Waals surface area contributed by atoms with Crippen molar-refractivity contribution in [2.75, 3.05) is 0 Å². The van der Waals surface area contributed by atoms with Crippen molar-refractivity contribution in [3.63, 3.8) is 0 Å². The van der Waals surface area contributed by atoms with E-state index in [1.165, 1.54) is 25.1 Å². The predicted molar refractivity (Wildman–Crippen MR) is 116 cm³/mol. The van der Waals surface area contributed by atoms with Crippen LogP contribution in [0.5, 0.6) is 0 Å². The smallest absolute Gasteiger partial charge is 0.345 e. The van der Waals surface area contributed by atoms with Crippen molar-refractivity contribution in [1.82, 2.24) is 9.88 Å². The second-order valence-electron chi connectivity index (χ2n) is 8.22. The molecule has 1 saturated carbocycles. The van der Waals surface area contributed by atoms with Gasteiger partial charge >= 0.3 is 6.18 Å². The number of para-hydroxylation sites is 1. The average molecular weight is 458 g/mol. The molecular formula is C25H22F4N2O2. The Morgan fingerprint density at radius 2 is 1.76 bits per heavy atom. The molecule has 1 atom stereocenters. The first kappa shape index (κ1) is 22.8. The second-order valence-corrected chi connectivity index (χ2v) is 8.22. The van der Waals surface area contributed by atoms with Gasteiger partial charge in [0.2, 0.25) is 0 Å². The normalized spacial score (nSPS) is 15.1. The number of nitrogens with zero attached hydrogens (tertiary/aromatic N) is 1. The van der Waals surface area contributed by atoms with Crippen molar-refractivity contribution < 1.29 is 22.4 Å². The summed E-state index contributed by atoms with van der Waals surface area (Å²) in [7, 11) is 0. The van der Waals surface area contributed by atoms with E-state index in [0.717, 1.165) is 23.8 Å². The summed E-state index contributed by atoms with van der Waals surface area (Å²) in [5.41, 5.74) is -2.07. The minimum absolute atomic E-state index is 0.00887. The highest BCUT2D eigenvalue weighted by Crippen LogP contribution is 2.39. The minimum atomic E-state index is -4.91. The van der Waals surface area contributed by atoms with Gasteiger partial charge in [-0.25, -0.2) is 4.39 Å². The number of nitrogens with one attached hydrogen (secondary N) is 1. The van der Waals surface area contributed by atoms with E-state index < -0.39 is 40.6 Å². The topological polar surface area (TPSA) is 51.1 Å². The zero-order valence-corrected chi connectivity index (χ0v) is 17.8. The lowest BCUT2D eigenvalue weighted by Gasteiger charge is -2.35. The fraction of sp³-hybridized carbons (Fsp3) is 0.280. The van der Waals surface area contributed by atoms with Gasteiger partial charge in [-0.1, -0.05) is 36.8 Å². The summed E-state index contributed by atoms with van der Waals surface area (Å²) in [6, 6.07) is 13.7. The van der Waals surface area contributed by atoms with Crippen LogP contribution in [0.25, 0.3) is 5.69 Å². The van der Waals surface area contributed by atoms with Crippen LogP contribution in [-0.2, 0) is 6.18 Å². The molecule has 1 N–H and O–H groups in total. The molecule has 1 aliphatic rings. The number of amides is 1. The lowest BCUT2D eigenvalue weighted by molar-refractivity contribution is -0.138. The van der Waals surface area contributed by atoms with E-state index in [9.17, 15) is 27.2 Å². The maximum Gasteiger partial charge on any atom is 0.417 e. The highest BCUT2D eigenvalue weighted by atomic mass is 19.4. The summed E-state index contributed by atoms with van der Waals surface area (Å²) < 4.78 is 56.6. The fourth-order valence-electron chi connectivity index (χ4n) is 4.30. The summed E-state index contributed by atoms with van der Waals surface area (Å²) in [4.78, 5) is 25.9. The number of hydrogen-bond acceptors (Lipinski definition) is 2. The van der Waals surface area contributed by atoms with Crippen LogP contribution in [0.4, 0.5) is 17.6 Å². The third-order valence-electron chi connectivity index (χ3n) is 6.12. The van der Waals surface area contributed by atoms with Crippen LogP contribution >= 0.6 is 0 Å². The van der Waals surface area contributed by atoms with E-state index in [2.05, 4.69) is 5.32 Å². The maximum atomic E-state index is 13.9. The Balaban J connectivity index is 1.82. The van der Waals surface area contributed by atoms with Gasteiger partial charge in [0.15, 0.2) is 0 Å². The van der Waals surface area contributed by atoms with E-state index in [1.54, 1.807) is 36.4 Å². The predicted octanol–water partition coefficient (Wildman–Crippen LogP) is 5.58. The Labute approximate surface area is 187 Å². The Morgan fingerprint density at radius 1 is 1.06 bits per heavy atom. The average Bonchev–Trinajstić information content (AvgIpc) is 2.71. The molecule has 4 rings (SSSR count). The van der Waals surface area contributed by atoms with Crippen LogP contribution < -0.4 is 10.9 Å². The van der Waals surface area contributed by atoms with Crippen LogP contribution in [0.1, 0.15) is 52.5 Å². The van der Waals surface area contributed by atoms with Crippen molar-refractivity contribution in [3.05, 3.63) is 99.2 Å². The van der Waals surface area contributed by atoms with E-state index in [1.807, 2.05) is 0 Å². The molecule has 8 heteroatoms.